The fourth-order valence-corrected chi connectivity index (χ4v) is 3.99. The number of phenols is 1. The van der Waals surface area contributed by atoms with Crippen LogP contribution in [0.15, 0.2) is 30.3 Å². The smallest absolute Gasteiger partial charge is 0.165 e. The summed E-state index contributed by atoms with van der Waals surface area (Å²) in [5, 5.41) is 20.1. The summed E-state index contributed by atoms with van der Waals surface area (Å²) in [6.45, 7) is 5.01. The third-order valence-electron chi connectivity index (χ3n) is 5.44. The highest BCUT2D eigenvalue weighted by molar-refractivity contribution is 5.65. The first-order valence-electron chi connectivity index (χ1n) is 8.69. The van der Waals surface area contributed by atoms with Crippen LogP contribution in [0.2, 0.25) is 0 Å². The molecule has 2 aliphatic heterocycles. The van der Waals surface area contributed by atoms with E-state index in [1.807, 2.05) is 25.1 Å². The molecule has 1 aromatic carbocycles. The lowest BCUT2D eigenvalue weighted by molar-refractivity contribution is -0.0543. The van der Waals surface area contributed by atoms with Crippen molar-refractivity contribution in [1.29, 1.82) is 0 Å². The molecule has 25 heavy (non-hydrogen) atoms. The Hall–Kier alpha value is -2.18. The standard InChI is InChI=1S/C19H23N3O3/c1-13-8-17(21-18(20-13)15-4-2-3-5-16(15)24)22-9-14-6-7-25-12-19(14,10-22)11-23/h2-5,8,14,23-24H,6-7,9-12H2,1H3/t14-,19+/m0/s1. The third kappa shape index (κ3) is 2.85. The Morgan fingerprint density at radius 1 is 1.32 bits per heavy atom. The van der Waals surface area contributed by atoms with Gasteiger partial charge in [-0.05, 0) is 31.4 Å². The first-order chi connectivity index (χ1) is 12.1. The van der Waals surface area contributed by atoms with Gasteiger partial charge < -0.3 is 19.8 Å². The molecule has 0 saturated carbocycles. The van der Waals surface area contributed by atoms with E-state index in [1.54, 1.807) is 12.1 Å². The van der Waals surface area contributed by atoms with E-state index in [9.17, 15) is 10.2 Å². The molecule has 3 heterocycles. The zero-order valence-electron chi connectivity index (χ0n) is 14.4. The molecular weight excluding hydrogens is 318 g/mol. The number of para-hydroxylation sites is 1. The van der Waals surface area contributed by atoms with Crippen LogP contribution in [0.25, 0.3) is 11.4 Å². The van der Waals surface area contributed by atoms with Gasteiger partial charge in [0, 0.05) is 36.9 Å². The molecule has 6 nitrogen and oxygen atoms in total. The number of anilines is 1. The van der Waals surface area contributed by atoms with Gasteiger partial charge in [0.05, 0.1) is 18.8 Å². The molecule has 0 unspecified atom stereocenters. The first kappa shape index (κ1) is 16.3. The third-order valence-corrected chi connectivity index (χ3v) is 5.44. The fourth-order valence-electron chi connectivity index (χ4n) is 3.99. The molecule has 2 atom stereocenters. The number of aromatic nitrogens is 2. The Labute approximate surface area is 147 Å². The molecule has 0 spiro atoms. The predicted molar refractivity (Wildman–Crippen MR) is 94.5 cm³/mol. The van der Waals surface area contributed by atoms with Crippen LogP contribution in [-0.4, -0.2) is 53.1 Å². The van der Waals surface area contributed by atoms with Crippen molar-refractivity contribution < 1.29 is 14.9 Å². The second kappa shape index (κ2) is 6.28. The van der Waals surface area contributed by atoms with Gasteiger partial charge in [-0.15, -0.1) is 0 Å². The Morgan fingerprint density at radius 2 is 2.16 bits per heavy atom. The highest BCUT2D eigenvalue weighted by atomic mass is 16.5. The van der Waals surface area contributed by atoms with Gasteiger partial charge in [0.1, 0.15) is 11.6 Å². The maximum absolute atomic E-state index is 10.1. The molecule has 0 radical (unpaired) electrons. The van der Waals surface area contributed by atoms with Gasteiger partial charge in [0.25, 0.3) is 0 Å². The van der Waals surface area contributed by atoms with E-state index < -0.39 is 0 Å². The van der Waals surface area contributed by atoms with E-state index >= 15 is 0 Å². The zero-order valence-corrected chi connectivity index (χ0v) is 14.4. The number of benzene rings is 1. The number of hydrogen-bond donors (Lipinski definition) is 2. The Kier molecular flexibility index (Phi) is 4.09. The van der Waals surface area contributed by atoms with Gasteiger partial charge >= 0.3 is 0 Å². The van der Waals surface area contributed by atoms with Crippen molar-refractivity contribution in [3.63, 3.8) is 0 Å². The number of aromatic hydroxyl groups is 1. The number of nitrogens with zero attached hydrogens (tertiary/aromatic N) is 3. The maximum Gasteiger partial charge on any atom is 0.165 e. The second-order valence-electron chi connectivity index (χ2n) is 7.15. The summed E-state index contributed by atoms with van der Waals surface area (Å²) in [5.41, 5.74) is 1.28. The SMILES string of the molecule is Cc1cc(N2C[C@@H]3CCOC[C@]3(CO)C2)nc(-c2ccccc2O)n1. The summed E-state index contributed by atoms with van der Waals surface area (Å²) < 4.78 is 5.64. The van der Waals surface area contributed by atoms with Gasteiger partial charge in [-0.25, -0.2) is 9.97 Å². The van der Waals surface area contributed by atoms with Crippen molar-refractivity contribution in [2.24, 2.45) is 11.3 Å². The van der Waals surface area contributed by atoms with Gasteiger partial charge in [0.15, 0.2) is 5.82 Å². The number of aryl methyl sites for hydroxylation is 1. The van der Waals surface area contributed by atoms with E-state index in [4.69, 9.17) is 9.72 Å². The number of aliphatic hydroxyl groups is 1. The van der Waals surface area contributed by atoms with E-state index in [2.05, 4.69) is 9.88 Å². The van der Waals surface area contributed by atoms with Crippen LogP contribution in [0, 0.1) is 18.3 Å². The molecule has 2 aromatic rings. The second-order valence-corrected chi connectivity index (χ2v) is 7.15. The summed E-state index contributed by atoms with van der Waals surface area (Å²) in [5.74, 6) is 1.95. The number of fused-ring (bicyclic) bond motifs is 1. The number of aliphatic hydroxyl groups excluding tert-OH is 1. The lowest BCUT2D eigenvalue weighted by atomic mass is 9.76. The van der Waals surface area contributed by atoms with Crippen LogP contribution in [0.3, 0.4) is 0 Å². The van der Waals surface area contributed by atoms with Crippen molar-refractivity contribution >= 4 is 5.82 Å². The minimum Gasteiger partial charge on any atom is -0.507 e. The number of ether oxygens (including phenoxy) is 1. The molecule has 2 fully saturated rings. The highest BCUT2D eigenvalue weighted by Crippen LogP contribution is 2.42. The number of rotatable bonds is 3. The first-order valence-corrected chi connectivity index (χ1v) is 8.69. The average molecular weight is 341 g/mol. The summed E-state index contributed by atoms with van der Waals surface area (Å²) in [7, 11) is 0. The van der Waals surface area contributed by atoms with Crippen molar-refractivity contribution in [1.82, 2.24) is 9.97 Å². The van der Waals surface area contributed by atoms with E-state index in [0.29, 0.717) is 23.9 Å². The summed E-state index contributed by atoms with van der Waals surface area (Å²) in [6.07, 6.45) is 0.966. The van der Waals surface area contributed by atoms with E-state index in [0.717, 1.165) is 37.6 Å². The molecule has 0 aliphatic carbocycles. The number of hydrogen-bond acceptors (Lipinski definition) is 6. The quantitative estimate of drug-likeness (QED) is 0.889. The molecule has 2 N–H and O–H groups in total. The van der Waals surface area contributed by atoms with E-state index in [1.165, 1.54) is 0 Å². The Bertz CT molecular complexity index is 782. The van der Waals surface area contributed by atoms with Crippen molar-refractivity contribution in [3.05, 3.63) is 36.0 Å². The molecule has 2 saturated heterocycles. The normalized spacial score (nSPS) is 25.8. The summed E-state index contributed by atoms with van der Waals surface area (Å²) >= 11 is 0. The Balaban J connectivity index is 1.69. The molecule has 0 bridgehead atoms. The Morgan fingerprint density at radius 3 is 2.92 bits per heavy atom. The molecule has 6 heteroatoms. The molecule has 2 aliphatic rings. The summed E-state index contributed by atoms with van der Waals surface area (Å²) in [4.78, 5) is 11.4. The molecule has 132 valence electrons. The lowest BCUT2D eigenvalue weighted by Crippen LogP contribution is -2.43. The van der Waals surface area contributed by atoms with Crippen molar-refractivity contribution in [2.45, 2.75) is 13.3 Å². The average Bonchev–Trinajstić information content (AvgIpc) is 3.02. The maximum atomic E-state index is 10.1. The van der Waals surface area contributed by atoms with Crippen LogP contribution in [0.1, 0.15) is 12.1 Å². The van der Waals surface area contributed by atoms with Crippen LogP contribution >= 0.6 is 0 Å². The monoisotopic (exact) mass is 341 g/mol. The van der Waals surface area contributed by atoms with Crippen LogP contribution < -0.4 is 4.90 Å². The highest BCUT2D eigenvalue weighted by Gasteiger charge is 2.48. The lowest BCUT2D eigenvalue weighted by Gasteiger charge is -2.36. The van der Waals surface area contributed by atoms with Gasteiger partial charge in [0.2, 0.25) is 0 Å². The predicted octanol–water partition coefficient (Wildman–Crippen LogP) is 1.99. The summed E-state index contributed by atoms with van der Waals surface area (Å²) in [6, 6.07) is 9.07. The molecule has 0 amide bonds. The van der Waals surface area contributed by atoms with Gasteiger partial charge in [-0.1, -0.05) is 12.1 Å². The van der Waals surface area contributed by atoms with Crippen molar-refractivity contribution in [2.75, 3.05) is 37.8 Å². The van der Waals surface area contributed by atoms with Gasteiger partial charge in [-0.2, -0.15) is 0 Å². The minimum absolute atomic E-state index is 0.130. The number of phenolic OH excluding ortho intramolecular Hbond substituents is 1. The van der Waals surface area contributed by atoms with Gasteiger partial charge in [-0.3, -0.25) is 0 Å². The fraction of sp³-hybridized carbons (Fsp3) is 0.474. The van der Waals surface area contributed by atoms with E-state index in [-0.39, 0.29) is 17.8 Å². The minimum atomic E-state index is -0.202. The molecular formula is C19H23N3O3. The van der Waals surface area contributed by atoms with Crippen molar-refractivity contribution in [3.8, 4) is 17.1 Å². The molecule has 4 rings (SSSR count). The van der Waals surface area contributed by atoms with Crippen LogP contribution in [-0.2, 0) is 4.74 Å². The topological polar surface area (TPSA) is 78.7 Å². The van der Waals surface area contributed by atoms with Crippen LogP contribution in [0.5, 0.6) is 5.75 Å². The van der Waals surface area contributed by atoms with Crippen LogP contribution in [0.4, 0.5) is 5.82 Å². The zero-order chi connectivity index (χ0) is 17.4. The largest absolute Gasteiger partial charge is 0.507 e. The molecule has 1 aromatic heterocycles.